The molecule has 4 aromatic rings. The molecule has 4 rings (SSSR count). The van der Waals surface area contributed by atoms with E-state index in [0.717, 1.165) is 0 Å². The summed E-state index contributed by atoms with van der Waals surface area (Å²) in [7, 11) is 0. The Balaban J connectivity index is 1.87. The van der Waals surface area contributed by atoms with Gasteiger partial charge in [-0.2, -0.15) is 0 Å². The van der Waals surface area contributed by atoms with Gasteiger partial charge in [0.15, 0.2) is 11.0 Å². The van der Waals surface area contributed by atoms with Gasteiger partial charge in [0.2, 0.25) is 0 Å². The molecule has 0 bridgehead atoms. The first-order chi connectivity index (χ1) is 13.6. The number of benzene rings is 2. The highest BCUT2D eigenvalue weighted by Crippen LogP contribution is 2.30. The number of fused-ring (bicyclic) bond motifs is 1. The van der Waals surface area contributed by atoms with Crippen LogP contribution >= 0.6 is 11.3 Å². The number of rotatable bonds is 4. The number of hydrogen-bond acceptors (Lipinski definition) is 5. The van der Waals surface area contributed by atoms with Crippen molar-refractivity contribution >= 4 is 33.9 Å². The SMILES string of the molecule is CCc1c(F)cccc1-c1cc(=O)c2cccc(NC(=O)c3cscn3)c2o1. The number of aromatic nitrogens is 1. The molecule has 0 saturated heterocycles. The maximum absolute atomic E-state index is 14.2. The van der Waals surface area contributed by atoms with Gasteiger partial charge >= 0.3 is 0 Å². The number of thiazole rings is 1. The van der Waals surface area contributed by atoms with Crippen LogP contribution in [0, 0.1) is 5.82 Å². The molecule has 7 heteroatoms. The monoisotopic (exact) mass is 394 g/mol. The van der Waals surface area contributed by atoms with Crippen molar-refractivity contribution in [3.05, 3.63) is 80.7 Å². The summed E-state index contributed by atoms with van der Waals surface area (Å²) in [5.41, 5.74) is 3.14. The van der Waals surface area contributed by atoms with Crippen molar-refractivity contribution in [3.63, 3.8) is 0 Å². The normalized spacial score (nSPS) is 10.9. The van der Waals surface area contributed by atoms with Crippen molar-refractivity contribution in [3.8, 4) is 11.3 Å². The lowest BCUT2D eigenvalue weighted by Crippen LogP contribution is -2.13. The molecule has 0 unspecified atom stereocenters. The summed E-state index contributed by atoms with van der Waals surface area (Å²) < 4.78 is 20.2. The van der Waals surface area contributed by atoms with Crippen molar-refractivity contribution in [2.24, 2.45) is 0 Å². The van der Waals surface area contributed by atoms with Crippen LogP contribution in [0.3, 0.4) is 0 Å². The lowest BCUT2D eigenvalue weighted by atomic mass is 10.0. The second-order valence-corrected chi connectivity index (χ2v) is 6.82. The van der Waals surface area contributed by atoms with E-state index in [4.69, 9.17) is 4.42 Å². The number of carbonyl (C=O) groups is 1. The van der Waals surface area contributed by atoms with Gasteiger partial charge in [-0.05, 0) is 30.2 Å². The molecule has 5 nitrogen and oxygen atoms in total. The van der Waals surface area contributed by atoms with Crippen molar-refractivity contribution in [2.75, 3.05) is 5.32 Å². The van der Waals surface area contributed by atoms with Crippen molar-refractivity contribution < 1.29 is 13.6 Å². The van der Waals surface area contributed by atoms with Crippen LogP contribution in [0.5, 0.6) is 0 Å². The summed E-state index contributed by atoms with van der Waals surface area (Å²) in [5, 5.41) is 4.69. The summed E-state index contributed by atoms with van der Waals surface area (Å²) in [6.07, 6.45) is 0.450. The van der Waals surface area contributed by atoms with E-state index in [9.17, 15) is 14.0 Å². The fourth-order valence-corrected chi connectivity index (χ4v) is 3.60. The number of nitrogens with one attached hydrogen (secondary N) is 1. The lowest BCUT2D eigenvalue weighted by molar-refractivity contribution is 0.102. The molecule has 2 heterocycles. The topological polar surface area (TPSA) is 72.2 Å². The fraction of sp³-hybridized carbons (Fsp3) is 0.0952. The molecule has 0 aliphatic carbocycles. The maximum atomic E-state index is 14.2. The molecule has 28 heavy (non-hydrogen) atoms. The minimum atomic E-state index is -0.401. The number of nitrogens with zero attached hydrogens (tertiary/aromatic N) is 1. The number of halogens is 1. The number of amides is 1. The van der Waals surface area contributed by atoms with Gasteiger partial charge in [0.05, 0.1) is 16.6 Å². The van der Waals surface area contributed by atoms with Crippen molar-refractivity contribution in [1.82, 2.24) is 4.98 Å². The summed E-state index contributed by atoms with van der Waals surface area (Å²) in [6.45, 7) is 1.83. The average Bonchev–Trinajstić information content (AvgIpc) is 3.23. The third kappa shape index (κ3) is 3.20. The number of anilines is 1. The smallest absolute Gasteiger partial charge is 0.275 e. The zero-order valence-electron chi connectivity index (χ0n) is 14.9. The van der Waals surface area contributed by atoms with E-state index in [1.807, 2.05) is 6.92 Å². The van der Waals surface area contributed by atoms with Gasteiger partial charge in [-0.15, -0.1) is 11.3 Å². The number of carbonyl (C=O) groups excluding carboxylic acids is 1. The molecule has 140 valence electrons. The summed E-state index contributed by atoms with van der Waals surface area (Å²) in [6, 6.07) is 10.9. The Morgan fingerprint density at radius 1 is 1.25 bits per heavy atom. The minimum absolute atomic E-state index is 0.236. The second kappa shape index (κ2) is 7.36. The van der Waals surface area contributed by atoms with Gasteiger partial charge in [-0.25, -0.2) is 9.37 Å². The first-order valence-corrected chi connectivity index (χ1v) is 9.57. The Morgan fingerprint density at radius 3 is 2.82 bits per heavy atom. The third-order valence-corrected chi connectivity index (χ3v) is 4.99. The van der Waals surface area contributed by atoms with Crippen LogP contribution in [0.25, 0.3) is 22.3 Å². The zero-order chi connectivity index (χ0) is 19.7. The van der Waals surface area contributed by atoms with Crippen LogP contribution in [0.15, 0.2) is 62.6 Å². The largest absolute Gasteiger partial charge is 0.454 e. The Labute approximate surface area is 163 Å². The van der Waals surface area contributed by atoms with E-state index >= 15 is 0 Å². The molecule has 0 saturated carbocycles. The molecular formula is C21H15FN2O3S. The van der Waals surface area contributed by atoms with E-state index in [2.05, 4.69) is 10.3 Å². The summed E-state index contributed by atoms with van der Waals surface area (Å²) >= 11 is 1.31. The predicted molar refractivity (Wildman–Crippen MR) is 107 cm³/mol. The van der Waals surface area contributed by atoms with E-state index in [1.54, 1.807) is 41.2 Å². The third-order valence-electron chi connectivity index (χ3n) is 4.41. The van der Waals surface area contributed by atoms with Gasteiger partial charge in [-0.3, -0.25) is 9.59 Å². The lowest BCUT2D eigenvalue weighted by Gasteiger charge is -2.11. The summed E-state index contributed by atoms with van der Waals surface area (Å²) in [4.78, 5) is 29.0. The molecule has 0 fully saturated rings. The van der Waals surface area contributed by atoms with Crippen LogP contribution in [-0.2, 0) is 6.42 Å². The van der Waals surface area contributed by atoms with Crippen molar-refractivity contribution in [2.45, 2.75) is 13.3 Å². The van der Waals surface area contributed by atoms with Gasteiger partial charge < -0.3 is 9.73 Å². The van der Waals surface area contributed by atoms with E-state index in [1.165, 1.54) is 23.5 Å². The first kappa shape index (κ1) is 18.1. The quantitative estimate of drug-likeness (QED) is 0.536. The van der Waals surface area contributed by atoms with Gasteiger partial charge in [0, 0.05) is 17.0 Å². The molecule has 0 radical (unpaired) electrons. The molecule has 0 atom stereocenters. The Hall–Kier alpha value is -3.32. The highest BCUT2D eigenvalue weighted by molar-refractivity contribution is 7.07. The Kier molecular flexibility index (Phi) is 4.75. The predicted octanol–water partition coefficient (Wildman–Crippen LogP) is 4.87. The molecule has 0 spiro atoms. The second-order valence-electron chi connectivity index (χ2n) is 6.10. The van der Waals surface area contributed by atoms with Crippen LogP contribution in [0.2, 0.25) is 0 Å². The van der Waals surface area contributed by atoms with E-state index < -0.39 is 5.91 Å². The maximum Gasteiger partial charge on any atom is 0.275 e. The average molecular weight is 394 g/mol. The van der Waals surface area contributed by atoms with Gasteiger partial charge in [0.25, 0.3) is 5.91 Å². The van der Waals surface area contributed by atoms with Crippen LogP contribution < -0.4 is 10.7 Å². The van der Waals surface area contributed by atoms with E-state index in [-0.39, 0.29) is 28.3 Å². The van der Waals surface area contributed by atoms with Crippen LogP contribution in [0.1, 0.15) is 23.0 Å². The van der Waals surface area contributed by atoms with E-state index in [0.29, 0.717) is 28.6 Å². The first-order valence-electron chi connectivity index (χ1n) is 8.62. The highest BCUT2D eigenvalue weighted by atomic mass is 32.1. The molecule has 0 aliphatic rings. The minimum Gasteiger partial charge on any atom is -0.454 e. The van der Waals surface area contributed by atoms with Gasteiger partial charge in [-0.1, -0.05) is 25.1 Å². The van der Waals surface area contributed by atoms with Crippen molar-refractivity contribution in [1.29, 1.82) is 0 Å². The summed E-state index contributed by atoms with van der Waals surface area (Å²) in [5.74, 6) is -0.501. The number of para-hydroxylation sites is 1. The van der Waals surface area contributed by atoms with Gasteiger partial charge in [0.1, 0.15) is 17.3 Å². The van der Waals surface area contributed by atoms with Crippen LogP contribution in [-0.4, -0.2) is 10.9 Å². The van der Waals surface area contributed by atoms with Crippen LogP contribution in [0.4, 0.5) is 10.1 Å². The molecule has 0 aliphatic heterocycles. The molecule has 2 aromatic heterocycles. The zero-order valence-corrected chi connectivity index (χ0v) is 15.7. The Morgan fingerprint density at radius 2 is 2.07 bits per heavy atom. The fourth-order valence-electron chi connectivity index (χ4n) is 3.07. The molecular weight excluding hydrogens is 379 g/mol. The number of hydrogen-bond donors (Lipinski definition) is 1. The standard InChI is InChI=1S/C21H15FN2O3S/c1-2-12-13(5-3-7-15(12)22)19-9-18(25)14-6-4-8-16(20(14)27-19)24-21(26)17-10-28-11-23-17/h3-11H,2H2,1H3,(H,24,26). The molecule has 1 N–H and O–H groups in total. The molecule has 2 aromatic carbocycles. The molecule has 1 amide bonds. The Bertz CT molecular complexity index is 1230. The highest BCUT2D eigenvalue weighted by Gasteiger charge is 2.16.